The lowest BCUT2D eigenvalue weighted by molar-refractivity contribution is -0.133. The molecule has 0 saturated heterocycles. The van der Waals surface area contributed by atoms with Gasteiger partial charge in [0.2, 0.25) is 5.91 Å². The Hall–Kier alpha value is -2.40. The molecular weight excluding hydrogens is 454 g/mol. The monoisotopic (exact) mass is 477 g/mol. The maximum absolute atomic E-state index is 13.3. The number of amides is 1. The molecule has 3 aromatic rings. The third-order valence-electron chi connectivity index (χ3n) is 5.34. The van der Waals surface area contributed by atoms with E-state index in [0.29, 0.717) is 53.3 Å². The number of hydrogen-bond acceptors (Lipinski definition) is 7. The molecule has 0 saturated carbocycles. The van der Waals surface area contributed by atoms with Gasteiger partial charge in [-0.25, -0.2) is 9.67 Å². The number of carbonyl (C=O) groups is 1. The average Bonchev–Trinajstić information content (AvgIpc) is 3.39. The summed E-state index contributed by atoms with van der Waals surface area (Å²) in [7, 11) is 3.20. The number of aromatic nitrogens is 4. The van der Waals surface area contributed by atoms with Gasteiger partial charge in [0.1, 0.15) is 5.39 Å². The minimum atomic E-state index is -0.265. The van der Waals surface area contributed by atoms with E-state index in [9.17, 15) is 9.59 Å². The number of methoxy groups -OCH3 is 2. The molecule has 0 radical (unpaired) electrons. The van der Waals surface area contributed by atoms with Gasteiger partial charge in [0, 0.05) is 44.5 Å². The molecule has 2 aromatic heterocycles. The lowest BCUT2D eigenvalue weighted by Crippen LogP contribution is -2.38. The first kappa shape index (κ1) is 22.8. The van der Waals surface area contributed by atoms with E-state index in [1.165, 1.54) is 18.0 Å². The highest BCUT2D eigenvalue weighted by atomic mass is 35.5. The first-order chi connectivity index (χ1) is 15.5. The van der Waals surface area contributed by atoms with Crippen LogP contribution in [0.2, 0.25) is 5.02 Å². The second-order valence-corrected chi connectivity index (χ2v) is 8.80. The van der Waals surface area contributed by atoms with Crippen LogP contribution in [0.5, 0.6) is 0 Å². The Balaban J connectivity index is 1.61. The van der Waals surface area contributed by atoms with Crippen molar-refractivity contribution in [3.8, 4) is 5.69 Å². The lowest BCUT2D eigenvalue weighted by Gasteiger charge is -2.24. The average molecular weight is 478 g/mol. The number of fused-ring (bicyclic) bond motifs is 2. The molecule has 3 heterocycles. The van der Waals surface area contributed by atoms with Crippen LogP contribution in [0.4, 0.5) is 0 Å². The third-order valence-corrected chi connectivity index (χ3v) is 6.69. The van der Waals surface area contributed by atoms with Gasteiger partial charge in [-0.3, -0.25) is 14.2 Å². The van der Waals surface area contributed by atoms with Gasteiger partial charge in [-0.1, -0.05) is 23.4 Å². The van der Waals surface area contributed by atoms with Crippen molar-refractivity contribution in [2.45, 2.75) is 17.6 Å². The second-order valence-electron chi connectivity index (χ2n) is 7.37. The number of nitrogens with zero attached hydrogens (tertiary/aromatic N) is 5. The zero-order valence-electron chi connectivity index (χ0n) is 17.9. The summed E-state index contributed by atoms with van der Waals surface area (Å²) in [5.41, 5.74) is 1.07. The summed E-state index contributed by atoms with van der Waals surface area (Å²) < 4.78 is 13.5. The molecule has 32 heavy (non-hydrogen) atoms. The van der Waals surface area contributed by atoms with Crippen LogP contribution in [0.25, 0.3) is 16.7 Å². The summed E-state index contributed by atoms with van der Waals surface area (Å²) in [5, 5.41) is 5.99. The van der Waals surface area contributed by atoms with E-state index in [2.05, 4.69) is 5.10 Å². The highest BCUT2D eigenvalue weighted by molar-refractivity contribution is 7.99. The third kappa shape index (κ3) is 4.54. The van der Waals surface area contributed by atoms with Crippen molar-refractivity contribution in [3.63, 3.8) is 0 Å². The molecule has 0 aliphatic carbocycles. The molecule has 1 amide bonds. The fourth-order valence-electron chi connectivity index (χ4n) is 3.65. The minimum absolute atomic E-state index is 0.0404. The number of rotatable bonds is 9. The number of halogens is 1. The van der Waals surface area contributed by atoms with Crippen molar-refractivity contribution in [3.05, 3.63) is 45.8 Å². The summed E-state index contributed by atoms with van der Waals surface area (Å²) in [6, 6.07) is 6.91. The van der Waals surface area contributed by atoms with Crippen molar-refractivity contribution in [2.75, 3.05) is 46.3 Å². The normalized spacial score (nSPS) is 15.3. The van der Waals surface area contributed by atoms with Crippen LogP contribution in [0.15, 0.2) is 40.4 Å². The summed E-state index contributed by atoms with van der Waals surface area (Å²) in [4.78, 5) is 32.7. The van der Waals surface area contributed by atoms with E-state index < -0.39 is 0 Å². The maximum atomic E-state index is 13.3. The van der Waals surface area contributed by atoms with E-state index in [1.54, 1.807) is 40.5 Å². The molecule has 1 aliphatic rings. The van der Waals surface area contributed by atoms with Crippen LogP contribution in [0.1, 0.15) is 12.5 Å². The Bertz CT molecular complexity index is 1160. The SMILES string of the molecule is COCCN(CCOC)C(=O)CC1CSc2nc3c(cnn3-c3ccc(Cl)cc3)c(=O)n21. The summed E-state index contributed by atoms with van der Waals surface area (Å²) in [6.45, 7) is 1.84. The molecule has 0 N–H and O–H groups in total. The summed E-state index contributed by atoms with van der Waals surface area (Å²) in [6.07, 6.45) is 1.74. The topological polar surface area (TPSA) is 91.5 Å². The largest absolute Gasteiger partial charge is 0.383 e. The molecule has 1 atom stereocenters. The second kappa shape index (κ2) is 10.0. The van der Waals surface area contributed by atoms with Gasteiger partial charge >= 0.3 is 0 Å². The van der Waals surface area contributed by atoms with Crippen LogP contribution >= 0.6 is 23.4 Å². The standard InChI is InChI=1S/C21H24ClN5O4S/c1-30-9-7-25(8-10-31-2)18(28)11-16-13-32-21-24-19-17(20(29)26(16)21)12-23-27(19)15-5-3-14(22)4-6-15/h3-6,12,16H,7-11,13H2,1-2H3. The van der Waals surface area contributed by atoms with Crippen LogP contribution in [0, 0.1) is 0 Å². The van der Waals surface area contributed by atoms with Crippen molar-refractivity contribution >= 4 is 40.3 Å². The van der Waals surface area contributed by atoms with Crippen LogP contribution in [-0.4, -0.2) is 76.4 Å². The van der Waals surface area contributed by atoms with E-state index in [1.807, 2.05) is 12.1 Å². The van der Waals surface area contributed by atoms with E-state index >= 15 is 0 Å². The van der Waals surface area contributed by atoms with Gasteiger partial charge in [0.25, 0.3) is 5.56 Å². The molecule has 0 bridgehead atoms. The van der Waals surface area contributed by atoms with Gasteiger partial charge < -0.3 is 14.4 Å². The van der Waals surface area contributed by atoms with Gasteiger partial charge in [-0.15, -0.1) is 0 Å². The molecule has 1 unspecified atom stereocenters. The van der Waals surface area contributed by atoms with Gasteiger partial charge in [0.05, 0.1) is 31.1 Å². The van der Waals surface area contributed by atoms with Crippen LogP contribution in [0.3, 0.4) is 0 Å². The number of thioether (sulfide) groups is 1. The van der Waals surface area contributed by atoms with Crippen molar-refractivity contribution in [1.82, 2.24) is 24.2 Å². The van der Waals surface area contributed by atoms with Crippen molar-refractivity contribution in [1.29, 1.82) is 0 Å². The van der Waals surface area contributed by atoms with E-state index in [0.717, 1.165) is 5.69 Å². The maximum Gasteiger partial charge on any atom is 0.265 e. The predicted octanol–water partition coefficient (Wildman–Crippen LogP) is 2.39. The number of carbonyl (C=O) groups excluding carboxylic acids is 1. The Labute approximate surface area is 194 Å². The summed E-state index contributed by atoms with van der Waals surface area (Å²) in [5.74, 6) is 0.568. The molecule has 1 aromatic carbocycles. The van der Waals surface area contributed by atoms with Gasteiger partial charge in [-0.05, 0) is 24.3 Å². The highest BCUT2D eigenvalue weighted by Crippen LogP contribution is 2.33. The van der Waals surface area contributed by atoms with Crippen molar-refractivity contribution in [2.24, 2.45) is 0 Å². The van der Waals surface area contributed by atoms with E-state index in [4.69, 9.17) is 26.1 Å². The van der Waals surface area contributed by atoms with Crippen LogP contribution < -0.4 is 5.56 Å². The first-order valence-corrected chi connectivity index (χ1v) is 11.5. The zero-order chi connectivity index (χ0) is 22.7. The number of hydrogen-bond donors (Lipinski definition) is 0. The van der Waals surface area contributed by atoms with Gasteiger partial charge in [-0.2, -0.15) is 5.10 Å². The highest BCUT2D eigenvalue weighted by Gasteiger charge is 2.30. The van der Waals surface area contributed by atoms with Crippen molar-refractivity contribution < 1.29 is 14.3 Å². The zero-order valence-corrected chi connectivity index (χ0v) is 19.4. The molecule has 9 nitrogen and oxygen atoms in total. The fraction of sp³-hybridized carbons (Fsp3) is 0.429. The Kier molecular flexibility index (Phi) is 7.14. The molecule has 4 rings (SSSR count). The molecular formula is C21H24ClN5O4S. The molecule has 11 heteroatoms. The van der Waals surface area contributed by atoms with Crippen LogP contribution in [-0.2, 0) is 14.3 Å². The molecule has 0 spiro atoms. The van der Waals surface area contributed by atoms with E-state index in [-0.39, 0.29) is 23.9 Å². The smallest absolute Gasteiger partial charge is 0.265 e. The lowest BCUT2D eigenvalue weighted by atomic mass is 10.2. The number of benzene rings is 1. The molecule has 170 valence electrons. The Morgan fingerprint density at radius 3 is 2.56 bits per heavy atom. The predicted molar refractivity (Wildman–Crippen MR) is 123 cm³/mol. The summed E-state index contributed by atoms with van der Waals surface area (Å²) >= 11 is 7.46. The van der Waals surface area contributed by atoms with Gasteiger partial charge in [0.15, 0.2) is 10.8 Å². The molecule has 0 fully saturated rings. The fourth-order valence-corrected chi connectivity index (χ4v) is 4.90. The quantitative estimate of drug-likeness (QED) is 0.437. The Morgan fingerprint density at radius 2 is 1.91 bits per heavy atom. The number of ether oxygens (including phenoxy) is 2. The Morgan fingerprint density at radius 1 is 1.22 bits per heavy atom. The first-order valence-electron chi connectivity index (χ1n) is 10.2. The molecule has 1 aliphatic heterocycles. The minimum Gasteiger partial charge on any atom is -0.383 e.